The monoisotopic (exact) mass is 303 g/mol. The van der Waals surface area contributed by atoms with Crippen molar-refractivity contribution in [2.75, 3.05) is 32.7 Å². The molecule has 1 aromatic rings. The van der Waals surface area contributed by atoms with Crippen molar-refractivity contribution >= 4 is 12.0 Å². The van der Waals surface area contributed by atoms with Crippen LogP contribution in [0.3, 0.4) is 0 Å². The average molecular weight is 303 g/mol. The molecule has 1 aromatic heterocycles. The molecule has 0 bridgehead atoms. The summed E-state index contributed by atoms with van der Waals surface area (Å²) in [7, 11) is 0. The Morgan fingerprint density at radius 3 is 2.55 bits per heavy atom. The summed E-state index contributed by atoms with van der Waals surface area (Å²) in [4.78, 5) is 20.8. The van der Waals surface area contributed by atoms with Gasteiger partial charge in [0.2, 0.25) is 5.91 Å². The normalized spacial score (nSPS) is 11.5. The SMILES string of the molecule is CCN(CC)CCN(CC(C)C)C(=O)C=Cc1cccnc1. The minimum Gasteiger partial charge on any atom is -0.338 e. The molecule has 0 fully saturated rings. The summed E-state index contributed by atoms with van der Waals surface area (Å²) in [6.45, 7) is 13.1. The molecule has 0 unspecified atom stereocenters. The number of pyridine rings is 1. The topological polar surface area (TPSA) is 36.4 Å². The smallest absolute Gasteiger partial charge is 0.246 e. The number of hydrogen-bond donors (Lipinski definition) is 0. The molecule has 0 spiro atoms. The quantitative estimate of drug-likeness (QED) is 0.658. The fourth-order valence-electron chi connectivity index (χ4n) is 2.28. The van der Waals surface area contributed by atoms with E-state index in [1.165, 1.54) is 0 Å². The van der Waals surface area contributed by atoms with E-state index in [1.54, 1.807) is 18.5 Å². The van der Waals surface area contributed by atoms with Crippen molar-refractivity contribution in [3.63, 3.8) is 0 Å². The fraction of sp³-hybridized carbons (Fsp3) is 0.556. The van der Waals surface area contributed by atoms with Crippen molar-refractivity contribution in [1.29, 1.82) is 0 Å². The van der Waals surface area contributed by atoms with Gasteiger partial charge in [-0.05, 0) is 36.7 Å². The van der Waals surface area contributed by atoms with Gasteiger partial charge in [0.15, 0.2) is 0 Å². The lowest BCUT2D eigenvalue weighted by Crippen LogP contribution is -2.39. The van der Waals surface area contributed by atoms with Crippen molar-refractivity contribution < 1.29 is 4.79 Å². The van der Waals surface area contributed by atoms with Gasteiger partial charge in [-0.15, -0.1) is 0 Å². The molecule has 4 heteroatoms. The number of nitrogens with zero attached hydrogens (tertiary/aromatic N) is 3. The van der Waals surface area contributed by atoms with Crippen molar-refractivity contribution in [2.45, 2.75) is 27.7 Å². The third kappa shape index (κ3) is 6.85. The second-order valence-corrected chi connectivity index (χ2v) is 5.82. The zero-order valence-electron chi connectivity index (χ0n) is 14.3. The van der Waals surface area contributed by atoms with E-state index in [9.17, 15) is 4.79 Å². The minimum absolute atomic E-state index is 0.0738. The highest BCUT2D eigenvalue weighted by atomic mass is 16.2. The van der Waals surface area contributed by atoms with Gasteiger partial charge in [0.05, 0.1) is 0 Å². The number of likely N-dealkylation sites (N-methyl/N-ethyl adjacent to an activating group) is 1. The average Bonchev–Trinajstić information content (AvgIpc) is 2.53. The molecule has 0 aliphatic rings. The van der Waals surface area contributed by atoms with E-state index in [0.717, 1.165) is 38.3 Å². The van der Waals surface area contributed by atoms with Crippen LogP contribution >= 0.6 is 0 Å². The molecule has 0 saturated heterocycles. The minimum atomic E-state index is 0.0738. The van der Waals surface area contributed by atoms with Gasteiger partial charge in [-0.1, -0.05) is 33.8 Å². The van der Waals surface area contributed by atoms with Gasteiger partial charge in [-0.3, -0.25) is 9.78 Å². The molecular weight excluding hydrogens is 274 g/mol. The second kappa shape index (κ2) is 10.1. The Bertz CT molecular complexity index is 453. The molecule has 122 valence electrons. The van der Waals surface area contributed by atoms with Crippen LogP contribution < -0.4 is 0 Å². The van der Waals surface area contributed by atoms with E-state index in [4.69, 9.17) is 0 Å². The summed E-state index contributed by atoms with van der Waals surface area (Å²) in [5, 5.41) is 0. The van der Waals surface area contributed by atoms with Crippen LogP contribution in [0.25, 0.3) is 6.08 Å². The van der Waals surface area contributed by atoms with E-state index in [0.29, 0.717) is 5.92 Å². The zero-order valence-corrected chi connectivity index (χ0v) is 14.3. The Balaban J connectivity index is 2.65. The molecule has 1 amide bonds. The van der Waals surface area contributed by atoms with E-state index in [1.807, 2.05) is 23.1 Å². The van der Waals surface area contributed by atoms with Crippen molar-refractivity contribution in [3.05, 3.63) is 36.2 Å². The molecule has 0 aliphatic heterocycles. The molecule has 0 aliphatic carbocycles. The van der Waals surface area contributed by atoms with E-state index in [-0.39, 0.29) is 5.91 Å². The number of hydrogen-bond acceptors (Lipinski definition) is 3. The highest BCUT2D eigenvalue weighted by molar-refractivity contribution is 5.91. The fourth-order valence-corrected chi connectivity index (χ4v) is 2.28. The number of amides is 1. The van der Waals surface area contributed by atoms with Crippen molar-refractivity contribution in [2.24, 2.45) is 5.92 Å². The summed E-state index contributed by atoms with van der Waals surface area (Å²) in [5.41, 5.74) is 0.948. The molecule has 0 saturated carbocycles. The molecular formula is C18H29N3O. The largest absolute Gasteiger partial charge is 0.338 e. The summed E-state index contributed by atoms with van der Waals surface area (Å²) in [6.07, 6.45) is 6.97. The van der Waals surface area contributed by atoms with Gasteiger partial charge < -0.3 is 9.80 Å². The van der Waals surface area contributed by atoms with Gasteiger partial charge in [-0.2, -0.15) is 0 Å². The Morgan fingerprint density at radius 1 is 1.27 bits per heavy atom. The first kappa shape index (κ1) is 18.4. The highest BCUT2D eigenvalue weighted by Crippen LogP contribution is 2.04. The molecule has 0 radical (unpaired) electrons. The lowest BCUT2D eigenvalue weighted by Gasteiger charge is -2.27. The Hall–Kier alpha value is -1.68. The summed E-state index contributed by atoms with van der Waals surface area (Å²) in [5.74, 6) is 0.539. The number of carbonyl (C=O) groups excluding carboxylic acids is 1. The molecule has 1 rings (SSSR count). The Morgan fingerprint density at radius 2 is 2.00 bits per heavy atom. The summed E-state index contributed by atoms with van der Waals surface area (Å²) >= 11 is 0. The lowest BCUT2D eigenvalue weighted by atomic mass is 10.2. The number of aromatic nitrogens is 1. The maximum absolute atomic E-state index is 12.4. The first-order chi connectivity index (χ1) is 10.6. The van der Waals surface area contributed by atoms with Gasteiger partial charge in [-0.25, -0.2) is 0 Å². The van der Waals surface area contributed by atoms with Gasteiger partial charge in [0, 0.05) is 38.1 Å². The van der Waals surface area contributed by atoms with E-state index in [2.05, 4.69) is 37.6 Å². The van der Waals surface area contributed by atoms with E-state index >= 15 is 0 Å². The first-order valence-corrected chi connectivity index (χ1v) is 8.16. The van der Waals surface area contributed by atoms with Crippen LogP contribution in [-0.4, -0.2) is 53.4 Å². The van der Waals surface area contributed by atoms with Crippen LogP contribution in [0.2, 0.25) is 0 Å². The maximum atomic E-state index is 12.4. The number of carbonyl (C=O) groups is 1. The highest BCUT2D eigenvalue weighted by Gasteiger charge is 2.13. The third-order valence-electron chi connectivity index (χ3n) is 3.58. The van der Waals surface area contributed by atoms with Crippen molar-refractivity contribution in [1.82, 2.24) is 14.8 Å². The molecule has 0 aromatic carbocycles. The molecule has 1 heterocycles. The predicted octanol–water partition coefficient (Wildman–Crippen LogP) is 2.92. The summed E-state index contributed by atoms with van der Waals surface area (Å²) in [6, 6.07) is 3.82. The second-order valence-electron chi connectivity index (χ2n) is 5.82. The van der Waals surface area contributed by atoms with Gasteiger partial charge in [0.25, 0.3) is 0 Å². The van der Waals surface area contributed by atoms with Crippen LogP contribution in [-0.2, 0) is 4.79 Å². The Kier molecular flexibility index (Phi) is 8.44. The molecule has 0 N–H and O–H groups in total. The predicted molar refractivity (Wildman–Crippen MR) is 92.5 cm³/mol. The van der Waals surface area contributed by atoms with Gasteiger partial charge >= 0.3 is 0 Å². The van der Waals surface area contributed by atoms with Crippen LogP contribution in [0.15, 0.2) is 30.6 Å². The van der Waals surface area contributed by atoms with Crippen LogP contribution in [0, 0.1) is 5.92 Å². The molecule has 22 heavy (non-hydrogen) atoms. The summed E-state index contributed by atoms with van der Waals surface area (Å²) < 4.78 is 0. The van der Waals surface area contributed by atoms with Crippen LogP contribution in [0.1, 0.15) is 33.3 Å². The van der Waals surface area contributed by atoms with E-state index < -0.39 is 0 Å². The Labute approximate surface area is 134 Å². The molecule has 0 atom stereocenters. The standard InChI is InChI=1S/C18H29N3O/c1-5-20(6-2)12-13-21(15-16(3)4)18(22)10-9-17-8-7-11-19-14-17/h7-11,14,16H,5-6,12-13,15H2,1-4H3. The number of rotatable bonds is 9. The molecule has 4 nitrogen and oxygen atoms in total. The van der Waals surface area contributed by atoms with Crippen LogP contribution in [0.4, 0.5) is 0 Å². The van der Waals surface area contributed by atoms with Gasteiger partial charge in [0.1, 0.15) is 0 Å². The zero-order chi connectivity index (χ0) is 16.4. The first-order valence-electron chi connectivity index (χ1n) is 8.16. The maximum Gasteiger partial charge on any atom is 0.246 e. The third-order valence-corrected chi connectivity index (χ3v) is 3.58. The van der Waals surface area contributed by atoms with Crippen LogP contribution in [0.5, 0.6) is 0 Å². The van der Waals surface area contributed by atoms with Crippen molar-refractivity contribution in [3.8, 4) is 0 Å². The lowest BCUT2D eigenvalue weighted by molar-refractivity contribution is -0.126.